The van der Waals surface area contributed by atoms with Crippen molar-refractivity contribution >= 4 is 29.3 Å². The second-order valence-electron chi connectivity index (χ2n) is 4.72. The van der Waals surface area contributed by atoms with Crippen LogP contribution in [0.25, 0.3) is 0 Å². The summed E-state index contributed by atoms with van der Waals surface area (Å²) in [6.07, 6.45) is 0. The summed E-state index contributed by atoms with van der Waals surface area (Å²) < 4.78 is 0.284. The van der Waals surface area contributed by atoms with E-state index in [1.54, 1.807) is 0 Å². The van der Waals surface area contributed by atoms with E-state index >= 15 is 0 Å². The Morgan fingerprint density at radius 3 is 2.82 bits per heavy atom. The van der Waals surface area contributed by atoms with Crippen LogP contribution in [0.2, 0.25) is 0 Å². The van der Waals surface area contributed by atoms with E-state index in [1.807, 2.05) is 11.8 Å². The van der Waals surface area contributed by atoms with Crippen molar-refractivity contribution < 1.29 is 0 Å². The van der Waals surface area contributed by atoms with Crippen molar-refractivity contribution in [2.75, 3.05) is 31.9 Å². The van der Waals surface area contributed by atoms with Gasteiger partial charge in [0.05, 0.1) is 6.54 Å². The molecule has 1 heterocycles. The predicted molar refractivity (Wildman–Crippen MR) is 79.1 cm³/mol. The number of hydrogen-bond acceptors (Lipinski definition) is 2. The van der Waals surface area contributed by atoms with Gasteiger partial charge in [0.2, 0.25) is 0 Å². The smallest absolute Gasteiger partial charge is 0.194 e. The van der Waals surface area contributed by atoms with Gasteiger partial charge in [-0.05, 0) is 20.8 Å². The molecule has 1 rings (SSSR count). The molecule has 98 valence electrons. The zero-order valence-corrected chi connectivity index (χ0v) is 12.5. The lowest BCUT2D eigenvalue weighted by atomic mass is 10.2. The highest BCUT2D eigenvalue weighted by Gasteiger charge is 2.28. The Kier molecular flexibility index (Phi) is 5.67. The molecule has 0 aromatic rings. The third-order valence-electron chi connectivity index (χ3n) is 2.46. The van der Waals surface area contributed by atoms with E-state index in [0.717, 1.165) is 31.3 Å². The van der Waals surface area contributed by atoms with Crippen molar-refractivity contribution in [2.24, 2.45) is 4.99 Å². The van der Waals surface area contributed by atoms with Gasteiger partial charge in [0.1, 0.15) is 0 Å². The SMILES string of the molecule is C=C(Cl)CN=C(NCC)N1CCSC(C)(C)C1. The molecule has 0 aliphatic carbocycles. The Labute approximate surface area is 114 Å². The van der Waals surface area contributed by atoms with Crippen LogP contribution in [-0.4, -0.2) is 47.5 Å². The lowest BCUT2D eigenvalue weighted by molar-refractivity contribution is 0.376. The monoisotopic (exact) mass is 275 g/mol. The Morgan fingerprint density at radius 2 is 2.29 bits per heavy atom. The number of rotatable bonds is 3. The average molecular weight is 276 g/mol. The van der Waals surface area contributed by atoms with Crippen molar-refractivity contribution in [1.82, 2.24) is 10.2 Å². The normalized spacial score (nSPS) is 20.2. The number of hydrogen-bond donors (Lipinski definition) is 1. The first-order valence-corrected chi connectivity index (χ1v) is 7.31. The molecule has 0 aromatic carbocycles. The van der Waals surface area contributed by atoms with Crippen LogP contribution < -0.4 is 5.32 Å². The fourth-order valence-corrected chi connectivity index (χ4v) is 2.95. The molecule has 1 N–H and O–H groups in total. The standard InChI is InChI=1S/C12H22ClN3S/c1-5-14-11(15-8-10(2)13)16-6-7-17-12(3,4)9-16/h2,5-9H2,1,3-4H3,(H,14,15). The van der Waals surface area contributed by atoms with Gasteiger partial charge in [0, 0.05) is 35.2 Å². The minimum Gasteiger partial charge on any atom is -0.357 e. The molecule has 0 saturated carbocycles. The van der Waals surface area contributed by atoms with Gasteiger partial charge in [-0.25, -0.2) is 4.99 Å². The minimum absolute atomic E-state index is 0.284. The van der Waals surface area contributed by atoms with Gasteiger partial charge in [-0.1, -0.05) is 18.2 Å². The molecule has 3 nitrogen and oxygen atoms in total. The number of halogens is 1. The van der Waals surface area contributed by atoms with Crippen LogP contribution in [0, 0.1) is 0 Å². The maximum atomic E-state index is 5.77. The maximum Gasteiger partial charge on any atom is 0.194 e. The van der Waals surface area contributed by atoms with Crippen molar-refractivity contribution in [3.05, 3.63) is 11.6 Å². The van der Waals surface area contributed by atoms with Crippen molar-refractivity contribution in [3.8, 4) is 0 Å². The number of guanidine groups is 1. The molecule has 1 aliphatic rings. The second-order valence-corrected chi connectivity index (χ2v) is 7.05. The lowest BCUT2D eigenvalue weighted by Gasteiger charge is -2.39. The van der Waals surface area contributed by atoms with Gasteiger partial charge < -0.3 is 10.2 Å². The molecule has 0 spiro atoms. The minimum atomic E-state index is 0.284. The highest BCUT2D eigenvalue weighted by Crippen LogP contribution is 2.29. The first-order chi connectivity index (χ1) is 7.94. The van der Waals surface area contributed by atoms with Gasteiger partial charge >= 0.3 is 0 Å². The fraction of sp³-hybridized carbons (Fsp3) is 0.750. The van der Waals surface area contributed by atoms with E-state index in [9.17, 15) is 0 Å². The van der Waals surface area contributed by atoms with Gasteiger partial charge in [0.15, 0.2) is 5.96 Å². The van der Waals surface area contributed by atoms with Gasteiger partial charge in [-0.3, -0.25) is 0 Å². The summed E-state index contributed by atoms with van der Waals surface area (Å²) in [6.45, 7) is 13.7. The highest BCUT2D eigenvalue weighted by molar-refractivity contribution is 8.00. The van der Waals surface area contributed by atoms with Crippen LogP contribution >= 0.6 is 23.4 Å². The molecule has 0 amide bonds. The summed E-state index contributed by atoms with van der Waals surface area (Å²) in [5.41, 5.74) is 0. The van der Waals surface area contributed by atoms with Crippen molar-refractivity contribution in [3.63, 3.8) is 0 Å². The average Bonchev–Trinajstić information content (AvgIpc) is 2.22. The molecule has 0 aromatic heterocycles. The first-order valence-electron chi connectivity index (χ1n) is 5.95. The van der Waals surface area contributed by atoms with E-state index < -0.39 is 0 Å². The molecule has 1 fully saturated rings. The second kappa shape index (κ2) is 6.55. The number of aliphatic imine (C=N–C) groups is 1. The molecular weight excluding hydrogens is 254 g/mol. The van der Waals surface area contributed by atoms with Crippen molar-refractivity contribution in [1.29, 1.82) is 0 Å². The van der Waals surface area contributed by atoms with Crippen LogP contribution in [0.4, 0.5) is 0 Å². The summed E-state index contributed by atoms with van der Waals surface area (Å²) in [4.78, 5) is 6.80. The number of thioether (sulfide) groups is 1. The summed E-state index contributed by atoms with van der Waals surface area (Å²) in [6, 6.07) is 0. The van der Waals surface area contributed by atoms with Gasteiger partial charge in [-0.15, -0.1) is 0 Å². The predicted octanol–water partition coefficient (Wildman–Crippen LogP) is 2.53. The van der Waals surface area contributed by atoms with Crippen LogP contribution in [0.1, 0.15) is 20.8 Å². The molecule has 5 heteroatoms. The number of nitrogens with one attached hydrogen (secondary N) is 1. The lowest BCUT2D eigenvalue weighted by Crippen LogP contribution is -2.51. The fourth-order valence-electron chi connectivity index (χ4n) is 1.78. The molecule has 1 aliphatic heterocycles. The van der Waals surface area contributed by atoms with Gasteiger partial charge in [-0.2, -0.15) is 11.8 Å². The highest BCUT2D eigenvalue weighted by atomic mass is 35.5. The molecular formula is C12H22ClN3S. The van der Waals surface area contributed by atoms with E-state index in [4.69, 9.17) is 11.6 Å². The topological polar surface area (TPSA) is 27.6 Å². The zero-order valence-electron chi connectivity index (χ0n) is 10.9. The van der Waals surface area contributed by atoms with E-state index in [1.165, 1.54) is 0 Å². The van der Waals surface area contributed by atoms with Gasteiger partial charge in [0.25, 0.3) is 0 Å². The molecule has 0 bridgehead atoms. The molecule has 0 radical (unpaired) electrons. The molecule has 0 atom stereocenters. The quantitative estimate of drug-likeness (QED) is 0.634. The maximum absolute atomic E-state index is 5.77. The Hall–Kier alpha value is -0.350. The molecule has 1 saturated heterocycles. The van der Waals surface area contributed by atoms with E-state index in [-0.39, 0.29) is 4.75 Å². The van der Waals surface area contributed by atoms with Crippen LogP contribution in [0.15, 0.2) is 16.6 Å². The third-order valence-corrected chi connectivity index (χ3v) is 3.88. The van der Waals surface area contributed by atoms with E-state index in [0.29, 0.717) is 11.6 Å². The summed E-state index contributed by atoms with van der Waals surface area (Å²) in [5, 5.41) is 3.89. The van der Waals surface area contributed by atoms with E-state index in [2.05, 4.69) is 42.6 Å². The van der Waals surface area contributed by atoms with Crippen molar-refractivity contribution in [2.45, 2.75) is 25.5 Å². The molecule has 17 heavy (non-hydrogen) atoms. The van der Waals surface area contributed by atoms with Crippen LogP contribution in [0.3, 0.4) is 0 Å². The Balaban J connectivity index is 2.69. The third kappa shape index (κ3) is 5.21. The summed E-state index contributed by atoms with van der Waals surface area (Å²) >= 11 is 7.78. The Bertz CT molecular complexity index is 302. The van der Waals surface area contributed by atoms with Crippen LogP contribution in [0.5, 0.6) is 0 Å². The number of nitrogens with zero attached hydrogens (tertiary/aromatic N) is 2. The largest absolute Gasteiger partial charge is 0.357 e. The summed E-state index contributed by atoms with van der Waals surface area (Å²) in [7, 11) is 0. The first kappa shape index (κ1) is 14.7. The van der Waals surface area contributed by atoms with Crippen LogP contribution in [-0.2, 0) is 0 Å². The molecule has 0 unspecified atom stereocenters. The Morgan fingerprint density at radius 1 is 1.59 bits per heavy atom. The summed E-state index contributed by atoms with van der Waals surface area (Å²) in [5.74, 6) is 2.09. The zero-order chi connectivity index (χ0) is 12.9.